The van der Waals surface area contributed by atoms with Crippen molar-refractivity contribution in [2.45, 2.75) is 13.0 Å². The summed E-state index contributed by atoms with van der Waals surface area (Å²) in [5, 5.41) is 7.05. The Hall–Kier alpha value is -3.61. The van der Waals surface area contributed by atoms with E-state index in [2.05, 4.69) is 10.4 Å². The first kappa shape index (κ1) is 18.2. The Morgan fingerprint density at radius 1 is 1.07 bits per heavy atom. The molecule has 0 fully saturated rings. The van der Waals surface area contributed by atoms with Crippen LogP contribution in [0.15, 0.2) is 67.0 Å². The second-order valence-corrected chi connectivity index (χ2v) is 5.93. The molecule has 7 nitrogen and oxygen atoms in total. The predicted molar refractivity (Wildman–Crippen MR) is 101 cm³/mol. The number of benzene rings is 2. The maximum absolute atomic E-state index is 12.5. The van der Waals surface area contributed by atoms with Gasteiger partial charge < -0.3 is 15.8 Å². The summed E-state index contributed by atoms with van der Waals surface area (Å²) in [4.78, 5) is 23.4. The molecular formula is C20H20N4O3. The molecule has 0 atom stereocenters. The van der Waals surface area contributed by atoms with Crippen molar-refractivity contribution in [1.82, 2.24) is 9.78 Å². The molecule has 0 aliphatic rings. The Balaban J connectivity index is 1.65. The summed E-state index contributed by atoms with van der Waals surface area (Å²) in [6.07, 6.45) is 3.32. The van der Waals surface area contributed by atoms with Crippen LogP contribution in [0.2, 0.25) is 0 Å². The number of aromatic nitrogens is 2. The second kappa shape index (κ2) is 8.66. The smallest absolute Gasteiger partial charge is 0.258 e. The maximum atomic E-state index is 12.5. The van der Waals surface area contributed by atoms with Crippen molar-refractivity contribution in [2.24, 2.45) is 5.73 Å². The van der Waals surface area contributed by atoms with Crippen LogP contribution in [0, 0.1) is 0 Å². The normalized spacial score (nSPS) is 10.4. The number of carbonyl (C=O) groups is 2. The zero-order chi connectivity index (χ0) is 19.1. The molecule has 3 aromatic rings. The third-order valence-corrected chi connectivity index (χ3v) is 3.82. The highest BCUT2D eigenvalue weighted by atomic mass is 16.5. The van der Waals surface area contributed by atoms with Gasteiger partial charge in [-0.15, -0.1) is 0 Å². The molecule has 0 unspecified atom stereocenters. The van der Waals surface area contributed by atoms with Crippen molar-refractivity contribution in [2.75, 3.05) is 11.9 Å². The number of hydrogen-bond donors (Lipinski definition) is 2. The maximum Gasteiger partial charge on any atom is 0.258 e. The lowest BCUT2D eigenvalue weighted by molar-refractivity contribution is -0.118. The Bertz CT molecular complexity index is 922. The Labute approximate surface area is 156 Å². The van der Waals surface area contributed by atoms with Gasteiger partial charge in [-0.1, -0.05) is 42.5 Å². The van der Waals surface area contributed by atoms with E-state index in [0.29, 0.717) is 23.5 Å². The van der Waals surface area contributed by atoms with Crippen LogP contribution in [0.5, 0.6) is 5.75 Å². The summed E-state index contributed by atoms with van der Waals surface area (Å²) in [5.41, 5.74) is 7.17. The molecule has 0 saturated heterocycles. The van der Waals surface area contributed by atoms with Crippen molar-refractivity contribution in [1.29, 1.82) is 0 Å². The number of nitrogens with one attached hydrogen (secondary N) is 1. The van der Waals surface area contributed by atoms with E-state index in [1.165, 1.54) is 6.20 Å². The Kier molecular flexibility index (Phi) is 5.84. The lowest BCUT2D eigenvalue weighted by Gasteiger charge is -2.11. The van der Waals surface area contributed by atoms with Crippen LogP contribution in [-0.4, -0.2) is 28.2 Å². The standard InChI is InChI=1S/C20H20N4O3/c21-19(25)10-11-27-18-9-5-4-8-17(18)23-20(26)16-12-22-24(14-16)13-15-6-2-1-3-7-15/h1-9,12,14H,10-11,13H2,(H2,21,25)(H,23,26). The third kappa shape index (κ3) is 5.18. The van der Waals surface area contributed by atoms with E-state index >= 15 is 0 Å². The molecule has 2 amide bonds. The average Bonchev–Trinajstić information content (AvgIpc) is 3.12. The van der Waals surface area contributed by atoms with Crippen molar-refractivity contribution in [3.8, 4) is 5.75 Å². The number of amides is 2. The first-order valence-corrected chi connectivity index (χ1v) is 8.49. The fourth-order valence-electron chi connectivity index (χ4n) is 2.49. The highest BCUT2D eigenvalue weighted by Gasteiger charge is 2.12. The molecular weight excluding hydrogens is 344 g/mol. The Morgan fingerprint density at radius 3 is 2.59 bits per heavy atom. The van der Waals surface area contributed by atoms with Crippen molar-refractivity contribution >= 4 is 17.5 Å². The van der Waals surface area contributed by atoms with E-state index in [4.69, 9.17) is 10.5 Å². The number of rotatable bonds is 8. The van der Waals surface area contributed by atoms with Gasteiger partial charge in [-0.25, -0.2) is 0 Å². The topological polar surface area (TPSA) is 99.2 Å². The van der Waals surface area contributed by atoms with Gasteiger partial charge in [-0.3, -0.25) is 14.3 Å². The van der Waals surface area contributed by atoms with E-state index in [1.54, 1.807) is 35.1 Å². The van der Waals surface area contributed by atoms with Crippen LogP contribution < -0.4 is 15.8 Å². The molecule has 3 N–H and O–H groups in total. The molecule has 138 valence electrons. The number of nitrogens with two attached hydrogens (primary N) is 1. The number of carbonyl (C=O) groups excluding carboxylic acids is 2. The summed E-state index contributed by atoms with van der Waals surface area (Å²) in [6.45, 7) is 0.734. The zero-order valence-corrected chi connectivity index (χ0v) is 14.7. The van der Waals surface area contributed by atoms with E-state index < -0.39 is 5.91 Å². The van der Waals surface area contributed by atoms with Gasteiger partial charge in [0.1, 0.15) is 5.75 Å². The number of primary amides is 1. The summed E-state index contributed by atoms with van der Waals surface area (Å²) in [6, 6.07) is 16.9. The fourth-order valence-corrected chi connectivity index (χ4v) is 2.49. The molecule has 0 aliphatic carbocycles. The zero-order valence-electron chi connectivity index (χ0n) is 14.7. The summed E-state index contributed by atoms with van der Waals surface area (Å²) in [5.74, 6) is -0.258. The van der Waals surface area contributed by atoms with E-state index in [0.717, 1.165) is 5.56 Å². The minimum absolute atomic E-state index is 0.106. The first-order valence-electron chi connectivity index (χ1n) is 8.49. The van der Waals surface area contributed by atoms with Gasteiger partial charge in [-0.05, 0) is 17.7 Å². The number of hydrogen-bond acceptors (Lipinski definition) is 4. The summed E-state index contributed by atoms with van der Waals surface area (Å²) < 4.78 is 7.24. The average molecular weight is 364 g/mol. The van der Waals surface area contributed by atoms with E-state index in [9.17, 15) is 9.59 Å². The summed E-state index contributed by atoms with van der Waals surface area (Å²) in [7, 11) is 0. The van der Waals surface area contributed by atoms with E-state index in [1.807, 2.05) is 30.3 Å². The monoisotopic (exact) mass is 364 g/mol. The molecule has 1 heterocycles. The lowest BCUT2D eigenvalue weighted by Crippen LogP contribution is -2.16. The van der Waals surface area contributed by atoms with Gasteiger partial charge in [0, 0.05) is 6.20 Å². The molecule has 0 spiro atoms. The molecule has 7 heteroatoms. The van der Waals surface area contributed by atoms with Crippen LogP contribution >= 0.6 is 0 Å². The fraction of sp³-hybridized carbons (Fsp3) is 0.150. The van der Waals surface area contributed by atoms with Gasteiger partial charge in [0.2, 0.25) is 5.91 Å². The van der Waals surface area contributed by atoms with Crippen molar-refractivity contribution in [3.05, 3.63) is 78.1 Å². The Morgan fingerprint density at radius 2 is 1.81 bits per heavy atom. The SMILES string of the molecule is NC(=O)CCOc1ccccc1NC(=O)c1cnn(Cc2ccccc2)c1. The molecule has 0 aliphatic heterocycles. The molecule has 27 heavy (non-hydrogen) atoms. The molecule has 1 aromatic heterocycles. The number of para-hydroxylation sites is 2. The summed E-state index contributed by atoms with van der Waals surface area (Å²) >= 11 is 0. The predicted octanol–water partition coefficient (Wildman–Crippen LogP) is 2.44. The van der Waals surface area contributed by atoms with Crippen LogP contribution in [0.4, 0.5) is 5.69 Å². The molecule has 3 rings (SSSR count). The highest BCUT2D eigenvalue weighted by Crippen LogP contribution is 2.24. The molecule has 2 aromatic carbocycles. The highest BCUT2D eigenvalue weighted by molar-refractivity contribution is 6.04. The van der Waals surface area contributed by atoms with Gasteiger partial charge in [0.05, 0.1) is 37.0 Å². The minimum atomic E-state index is -0.442. The van der Waals surface area contributed by atoms with Crippen LogP contribution in [0.1, 0.15) is 22.3 Å². The second-order valence-electron chi connectivity index (χ2n) is 5.93. The quantitative estimate of drug-likeness (QED) is 0.641. The molecule has 0 bridgehead atoms. The van der Waals surface area contributed by atoms with E-state index in [-0.39, 0.29) is 18.9 Å². The van der Waals surface area contributed by atoms with Gasteiger partial charge in [0.25, 0.3) is 5.91 Å². The van der Waals surface area contributed by atoms with Crippen molar-refractivity contribution in [3.63, 3.8) is 0 Å². The number of nitrogens with zero attached hydrogens (tertiary/aromatic N) is 2. The van der Waals surface area contributed by atoms with Gasteiger partial charge in [-0.2, -0.15) is 5.10 Å². The number of anilines is 1. The van der Waals surface area contributed by atoms with Crippen LogP contribution in [0.25, 0.3) is 0 Å². The molecule has 0 saturated carbocycles. The van der Waals surface area contributed by atoms with Gasteiger partial charge in [0.15, 0.2) is 0 Å². The minimum Gasteiger partial charge on any atom is -0.491 e. The molecule has 0 radical (unpaired) electrons. The van der Waals surface area contributed by atoms with Gasteiger partial charge >= 0.3 is 0 Å². The first-order chi connectivity index (χ1) is 13.1. The lowest BCUT2D eigenvalue weighted by atomic mass is 10.2. The van der Waals surface area contributed by atoms with Crippen LogP contribution in [-0.2, 0) is 11.3 Å². The largest absolute Gasteiger partial charge is 0.491 e. The number of ether oxygens (including phenoxy) is 1. The third-order valence-electron chi connectivity index (χ3n) is 3.82. The van der Waals surface area contributed by atoms with Crippen LogP contribution in [0.3, 0.4) is 0 Å². The van der Waals surface area contributed by atoms with Crippen molar-refractivity contribution < 1.29 is 14.3 Å².